The molecule has 0 aromatic heterocycles. The number of carboxylic acids is 2. The molecule has 1 saturated heterocycles. The smallest absolute Gasteiger partial charge is 0.326 e. The Kier molecular flexibility index (Phi) is 5.75. The molecule has 0 radical (unpaired) electrons. The van der Waals surface area contributed by atoms with Gasteiger partial charge in [0.05, 0.1) is 12.0 Å². The Hall–Kier alpha value is -1.63. The van der Waals surface area contributed by atoms with E-state index in [0.29, 0.717) is 13.0 Å². The van der Waals surface area contributed by atoms with Gasteiger partial charge in [0.25, 0.3) is 0 Å². The Balaban J connectivity index is 2.46. The van der Waals surface area contributed by atoms with Crippen molar-refractivity contribution >= 4 is 17.8 Å². The number of nitrogens with one attached hydrogen (secondary N) is 1. The lowest BCUT2D eigenvalue weighted by atomic mass is 10.0. The fourth-order valence-corrected chi connectivity index (χ4v) is 2.07. The van der Waals surface area contributed by atoms with Crippen molar-refractivity contribution in [3.63, 3.8) is 0 Å². The van der Waals surface area contributed by atoms with Gasteiger partial charge in [0.15, 0.2) is 0 Å². The molecule has 1 aliphatic heterocycles. The third kappa shape index (κ3) is 4.86. The summed E-state index contributed by atoms with van der Waals surface area (Å²) < 4.78 is 5.26. The van der Waals surface area contributed by atoms with Crippen LogP contribution in [0.2, 0.25) is 0 Å². The van der Waals surface area contributed by atoms with E-state index in [-0.39, 0.29) is 37.2 Å². The average Bonchev–Trinajstić information content (AvgIpc) is 2.73. The van der Waals surface area contributed by atoms with Gasteiger partial charge in [-0.1, -0.05) is 0 Å². The van der Waals surface area contributed by atoms with Crippen molar-refractivity contribution in [2.24, 2.45) is 5.92 Å². The van der Waals surface area contributed by atoms with E-state index in [1.54, 1.807) is 6.92 Å². The fourth-order valence-electron chi connectivity index (χ4n) is 2.07. The molecule has 1 fully saturated rings. The van der Waals surface area contributed by atoms with Crippen molar-refractivity contribution in [2.45, 2.75) is 44.8 Å². The lowest BCUT2D eigenvalue weighted by molar-refractivity contribution is -0.143. The van der Waals surface area contributed by atoms with Crippen molar-refractivity contribution < 1.29 is 29.3 Å². The number of rotatable bonds is 7. The van der Waals surface area contributed by atoms with Crippen molar-refractivity contribution in [3.8, 4) is 0 Å². The maximum absolute atomic E-state index is 11.9. The minimum absolute atomic E-state index is 0.106. The minimum Gasteiger partial charge on any atom is -0.481 e. The Morgan fingerprint density at radius 2 is 2.05 bits per heavy atom. The molecule has 0 aliphatic carbocycles. The molecule has 0 saturated carbocycles. The molecule has 0 aromatic carbocycles. The second kappa shape index (κ2) is 7.08. The Labute approximate surface area is 110 Å². The topological polar surface area (TPSA) is 113 Å². The summed E-state index contributed by atoms with van der Waals surface area (Å²) in [6, 6.07) is -1.04. The summed E-state index contributed by atoms with van der Waals surface area (Å²) in [5.41, 5.74) is 0. The molecule has 1 rings (SSSR count). The highest BCUT2D eigenvalue weighted by molar-refractivity contribution is 5.85. The summed E-state index contributed by atoms with van der Waals surface area (Å²) in [6.07, 6.45) is 0.573. The predicted octanol–water partition coefficient (Wildman–Crippen LogP) is 0.236. The van der Waals surface area contributed by atoms with Crippen molar-refractivity contribution in [1.29, 1.82) is 0 Å². The van der Waals surface area contributed by atoms with Gasteiger partial charge in [0.1, 0.15) is 6.04 Å². The molecule has 1 heterocycles. The first kappa shape index (κ1) is 15.4. The summed E-state index contributed by atoms with van der Waals surface area (Å²) in [4.78, 5) is 33.3. The van der Waals surface area contributed by atoms with E-state index in [1.807, 2.05) is 0 Å². The zero-order valence-corrected chi connectivity index (χ0v) is 10.8. The number of ether oxygens (including phenoxy) is 1. The van der Waals surface area contributed by atoms with Gasteiger partial charge in [0.2, 0.25) is 5.91 Å². The van der Waals surface area contributed by atoms with Crippen LogP contribution < -0.4 is 5.32 Å². The number of carbonyl (C=O) groups excluding carboxylic acids is 1. The molecular formula is C12H19NO6. The van der Waals surface area contributed by atoms with Gasteiger partial charge >= 0.3 is 11.9 Å². The highest BCUT2D eigenvalue weighted by Crippen LogP contribution is 2.20. The van der Waals surface area contributed by atoms with Crippen molar-refractivity contribution in [3.05, 3.63) is 0 Å². The first-order chi connectivity index (χ1) is 8.91. The second-order valence-corrected chi connectivity index (χ2v) is 4.66. The summed E-state index contributed by atoms with van der Waals surface area (Å²) in [7, 11) is 0. The molecule has 7 nitrogen and oxygen atoms in total. The fraction of sp³-hybridized carbons (Fsp3) is 0.750. The molecule has 0 aromatic rings. The Morgan fingerprint density at radius 3 is 2.53 bits per heavy atom. The van der Waals surface area contributed by atoms with Crippen LogP contribution >= 0.6 is 0 Å². The highest BCUT2D eigenvalue weighted by Gasteiger charge is 2.33. The molecule has 3 N–H and O–H groups in total. The van der Waals surface area contributed by atoms with Gasteiger partial charge in [-0.2, -0.15) is 0 Å². The van der Waals surface area contributed by atoms with E-state index in [1.165, 1.54) is 0 Å². The number of hydrogen-bond acceptors (Lipinski definition) is 4. The molecule has 7 heteroatoms. The van der Waals surface area contributed by atoms with E-state index in [2.05, 4.69) is 5.32 Å². The van der Waals surface area contributed by atoms with E-state index >= 15 is 0 Å². The molecule has 1 amide bonds. The van der Waals surface area contributed by atoms with Crippen LogP contribution in [0.4, 0.5) is 0 Å². The van der Waals surface area contributed by atoms with Crippen LogP contribution in [0.1, 0.15) is 32.6 Å². The SMILES string of the molecule is CC1OCCC1C(=O)N[C@H](CCCC(=O)O)C(=O)O. The van der Waals surface area contributed by atoms with Crippen LogP contribution in [0.25, 0.3) is 0 Å². The van der Waals surface area contributed by atoms with Gasteiger partial charge < -0.3 is 20.3 Å². The summed E-state index contributed by atoms with van der Waals surface area (Å²) in [5, 5.41) is 20.0. The van der Waals surface area contributed by atoms with Gasteiger partial charge in [-0.3, -0.25) is 9.59 Å². The van der Waals surface area contributed by atoms with E-state index in [9.17, 15) is 14.4 Å². The quantitative estimate of drug-likeness (QED) is 0.612. The normalized spacial score (nSPS) is 23.8. The molecule has 0 spiro atoms. The van der Waals surface area contributed by atoms with Crippen LogP contribution in [0.15, 0.2) is 0 Å². The van der Waals surface area contributed by atoms with Crippen LogP contribution in [0, 0.1) is 5.92 Å². The number of aliphatic carboxylic acids is 2. The lowest BCUT2D eigenvalue weighted by Crippen LogP contribution is -2.45. The minimum atomic E-state index is -1.15. The maximum Gasteiger partial charge on any atom is 0.326 e. The molecule has 3 atom stereocenters. The van der Waals surface area contributed by atoms with Gasteiger partial charge in [-0.05, 0) is 26.2 Å². The molecule has 0 bridgehead atoms. The number of amides is 1. The second-order valence-electron chi connectivity index (χ2n) is 4.66. The van der Waals surface area contributed by atoms with E-state index < -0.39 is 18.0 Å². The third-order valence-electron chi connectivity index (χ3n) is 3.21. The zero-order chi connectivity index (χ0) is 14.4. The Morgan fingerprint density at radius 1 is 1.37 bits per heavy atom. The van der Waals surface area contributed by atoms with Gasteiger partial charge in [0, 0.05) is 13.0 Å². The van der Waals surface area contributed by atoms with Crippen LogP contribution in [-0.4, -0.2) is 46.8 Å². The number of hydrogen-bond donors (Lipinski definition) is 3. The van der Waals surface area contributed by atoms with Gasteiger partial charge in [-0.15, -0.1) is 0 Å². The predicted molar refractivity (Wildman–Crippen MR) is 64.6 cm³/mol. The number of carbonyl (C=O) groups is 3. The average molecular weight is 273 g/mol. The monoisotopic (exact) mass is 273 g/mol. The highest BCUT2D eigenvalue weighted by atomic mass is 16.5. The summed E-state index contributed by atoms with van der Waals surface area (Å²) >= 11 is 0. The molecule has 108 valence electrons. The van der Waals surface area contributed by atoms with Crippen LogP contribution in [-0.2, 0) is 19.1 Å². The van der Waals surface area contributed by atoms with E-state index in [0.717, 1.165) is 0 Å². The molecule has 19 heavy (non-hydrogen) atoms. The van der Waals surface area contributed by atoms with Crippen LogP contribution in [0.5, 0.6) is 0 Å². The first-order valence-corrected chi connectivity index (χ1v) is 6.28. The summed E-state index contributed by atoms with van der Waals surface area (Å²) in [5.74, 6) is -2.80. The number of carboxylic acid groups (broad SMARTS) is 2. The largest absolute Gasteiger partial charge is 0.481 e. The summed E-state index contributed by atoms with van der Waals surface area (Å²) in [6.45, 7) is 2.27. The molecule has 2 unspecified atom stereocenters. The molecule has 1 aliphatic rings. The molecular weight excluding hydrogens is 254 g/mol. The Bertz CT molecular complexity index is 356. The standard InChI is InChI=1S/C12H19NO6/c1-7-8(5-6-19-7)11(16)13-9(12(17)18)3-2-4-10(14)15/h7-9H,2-6H2,1H3,(H,13,16)(H,14,15)(H,17,18)/t7?,8?,9-/m1/s1. The zero-order valence-electron chi connectivity index (χ0n) is 10.8. The van der Waals surface area contributed by atoms with Gasteiger partial charge in [-0.25, -0.2) is 4.79 Å². The first-order valence-electron chi connectivity index (χ1n) is 6.28. The van der Waals surface area contributed by atoms with Crippen LogP contribution in [0.3, 0.4) is 0 Å². The third-order valence-corrected chi connectivity index (χ3v) is 3.21. The van der Waals surface area contributed by atoms with Crippen molar-refractivity contribution in [1.82, 2.24) is 5.32 Å². The lowest BCUT2D eigenvalue weighted by Gasteiger charge is -2.18. The maximum atomic E-state index is 11.9. The van der Waals surface area contributed by atoms with Crippen molar-refractivity contribution in [2.75, 3.05) is 6.61 Å². The van der Waals surface area contributed by atoms with E-state index in [4.69, 9.17) is 14.9 Å².